The van der Waals surface area contributed by atoms with Crippen molar-refractivity contribution in [1.29, 1.82) is 0 Å². The molecule has 2 N–H and O–H groups in total. The first-order valence-corrected chi connectivity index (χ1v) is 7.62. The number of aryl methyl sites for hydroxylation is 1. The first-order valence-electron chi connectivity index (χ1n) is 5.70. The predicted octanol–water partition coefficient (Wildman–Crippen LogP) is 2.61. The number of sulfonamides is 1. The summed E-state index contributed by atoms with van der Waals surface area (Å²) in [5.41, 5.74) is 2.00. The minimum atomic E-state index is -3.83. The normalized spacial score (nSPS) is 11.5. The average Bonchev–Trinajstić information content (AvgIpc) is 2.37. The van der Waals surface area contributed by atoms with Gasteiger partial charge >= 0.3 is 0 Å². The van der Waals surface area contributed by atoms with Crippen molar-refractivity contribution >= 4 is 21.6 Å². The van der Waals surface area contributed by atoms with Gasteiger partial charge in [-0.15, -0.1) is 0 Å². The third-order valence-electron chi connectivity index (χ3n) is 2.79. The number of aromatic nitrogens is 1. The van der Waals surface area contributed by atoms with Gasteiger partial charge in [-0.3, -0.25) is 4.98 Å². The third-order valence-corrected chi connectivity index (χ3v) is 3.96. The van der Waals surface area contributed by atoms with Crippen molar-refractivity contribution in [2.45, 2.75) is 18.2 Å². The minimum absolute atomic E-state index is 0.00645. The number of halogens is 1. The van der Waals surface area contributed by atoms with E-state index < -0.39 is 10.0 Å². The predicted molar refractivity (Wildman–Crippen MR) is 75.4 cm³/mol. The molecular formula is C13H13ClN2O2S. The fourth-order valence-electron chi connectivity index (χ4n) is 1.90. The number of nitrogens with two attached hydrogens (primary N) is 1. The maximum Gasteiger partial charge on any atom is 0.240 e. The van der Waals surface area contributed by atoms with Crippen LogP contribution in [-0.2, 0) is 16.4 Å². The summed E-state index contributed by atoms with van der Waals surface area (Å²) in [6.45, 7) is 1.98. The fourth-order valence-corrected chi connectivity index (χ4v) is 2.77. The van der Waals surface area contributed by atoms with Crippen LogP contribution in [0, 0.1) is 0 Å². The Bertz CT molecular complexity index is 714. The molecule has 0 aliphatic carbocycles. The van der Waals surface area contributed by atoms with Gasteiger partial charge in [0.05, 0.1) is 5.69 Å². The zero-order valence-electron chi connectivity index (χ0n) is 10.3. The largest absolute Gasteiger partial charge is 0.255 e. The first-order chi connectivity index (χ1) is 8.93. The van der Waals surface area contributed by atoms with Gasteiger partial charge in [0, 0.05) is 16.8 Å². The van der Waals surface area contributed by atoms with Crippen molar-refractivity contribution < 1.29 is 8.42 Å². The van der Waals surface area contributed by atoms with E-state index in [1.165, 1.54) is 12.3 Å². The lowest BCUT2D eigenvalue weighted by Crippen LogP contribution is -2.14. The molecule has 0 atom stereocenters. The molecule has 1 heterocycles. The van der Waals surface area contributed by atoms with Crippen LogP contribution in [0.2, 0.25) is 5.02 Å². The standard InChI is InChI=1S/C13H13ClN2O2S/c1-2-9-5-6-10(14)8-11(9)13-12(19(15,17)18)4-3-7-16-13/h3-8H,2H2,1H3,(H2,15,17,18). The highest BCUT2D eigenvalue weighted by molar-refractivity contribution is 7.89. The first kappa shape index (κ1) is 14.0. The number of primary sulfonamides is 1. The SMILES string of the molecule is CCc1ccc(Cl)cc1-c1ncccc1S(N)(=O)=O. The molecule has 0 saturated heterocycles. The van der Waals surface area contributed by atoms with Crippen molar-refractivity contribution in [2.75, 3.05) is 0 Å². The third kappa shape index (κ3) is 2.94. The number of pyridine rings is 1. The van der Waals surface area contributed by atoms with Crippen LogP contribution in [0.25, 0.3) is 11.3 Å². The Kier molecular flexibility index (Phi) is 3.89. The highest BCUT2D eigenvalue weighted by atomic mass is 35.5. The fraction of sp³-hybridized carbons (Fsp3) is 0.154. The second kappa shape index (κ2) is 5.28. The maximum atomic E-state index is 11.6. The number of benzene rings is 1. The lowest BCUT2D eigenvalue weighted by Gasteiger charge is -2.11. The van der Waals surface area contributed by atoms with Crippen LogP contribution in [-0.4, -0.2) is 13.4 Å². The molecule has 2 rings (SSSR count). The molecule has 0 aliphatic rings. The minimum Gasteiger partial charge on any atom is -0.255 e. The monoisotopic (exact) mass is 296 g/mol. The van der Waals surface area contributed by atoms with Crippen molar-refractivity contribution in [2.24, 2.45) is 5.14 Å². The summed E-state index contributed by atoms with van der Waals surface area (Å²) in [6.07, 6.45) is 2.28. The Labute approximate surface area is 117 Å². The zero-order valence-corrected chi connectivity index (χ0v) is 11.9. The van der Waals surface area contributed by atoms with Crippen LogP contribution in [0.4, 0.5) is 0 Å². The molecule has 0 saturated carbocycles. The highest BCUT2D eigenvalue weighted by Gasteiger charge is 2.18. The molecule has 0 aliphatic heterocycles. The van der Waals surface area contributed by atoms with Crippen LogP contribution in [0.1, 0.15) is 12.5 Å². The molecule has 1 aromatic carbocycles. The number of rotatable bonds is 3. The van der Waals surface area contributed by atoms with Gasteiger partial charge in [-0.05, 0) is 36.2 Å². The van der Waals surface area contributed by atoms with Gasteiger partial charge in [0.1, 0.15) is 4.90 Å². The molecule has 100 valence electrons. The number of hydrogen-bond acceptors (Lipinski definition) is 3. The summed E-state index contributed by atoms with van der Waals surface area (Å²) in [6, 6.07) is 8.32. The maximum absolute atomic E-state index is 11.6. The van der Waals surface area contributed by atoms with Crippen LogP contribution in [0.15, 0.2) is 41.4 Å². The molecule has 0 radical (unpaired) electrons. The summed E-state index contributed by atoms with van der Waals surface area (Å²) in [5, 5.41) is 5.75. The molecule has 0 fully saturated rings. The van der Waals surface area contributed by atoms with E-state index in [0.29, 0.717) is 16.3 Å². The van der Waals surface area contributed by atoms with Crippen LogP contribution >= 0.6 is 11.6 Å². The summed E-state index contributed by atoms with van der Waals surface area (Å²) in [7, 11) is -3.83. The van der Waals surface area contributed by atoms with Crippen molar-refractivity contribution in [3.63, 3.8) is 0 Å². The molecule has 0 spiro atoms. The van der Waals surface area contributed by atoms with Crippen molar-refractivity contribution in [3.05, 3.63) is 47.1 Å². The summed E-state index contributed by atoms with van der Waals surface area (Å²) >= 11 is 5.98. The van der Waals surface area contributed by atoms with Crippen molar-refractivity contribution in [1.82, 2.24) is 4.98 Å². The lowest BCUT2D eigenvalue weighted by atomic mass is 10.0. The van der Waals surface area contributed by atoms with Gasteiger partial charge in [-0.1, -0.05) is 24.6 Å². The van der Waals surface area contributed by atoms with E-state index in [4.69, 9.17) is 16.7 Å². The molecule has 4 nitrogen and oxygen atoms in total. The summed E-state index contributed by atoms with van der Waals surface area (Å²) in [4.78, 5) is 4.15. The summed E-state index contributed by atoms with van der Waals surface area (Å²) < 4.78 is 23.2. The second-order valence-corrected chi connectivity index (χ2v) is 6.02. The Morgan fingerprint density at radius 2 is 2.05 bits per heavy atom. The molecule has 0 amide bonds. The van der Waals surface area contributed by atoms with E-state index in [1.54, 1.807) is 18.2 Å². The van der Waals surface area contributed by atoms with Gasteiger partial charge in [-0.25, -0.2) is 13.6 Å². The smallest absolute Gasteiger partial charge is 0.240 e. The molecule has 2 aromatic rings. The van der Waals surface area contributed by atoms with Gasteiger partial charge in [0.15, 0.2) is 0 Å². The van der Waals surface area contributed by atoms with Gasteiger partial charge < -0.3 is 0 Å². The van der Waals surface area contributed by atoms with E-state index in [9.17, 15) is 8.42 Å². The van der Waals surface area contributed by atoms with Crippen LogP contribution in [0.5, 0.6) is 0 Å². The number of nitrogens with zero attached hydrogens (tertiary/aromatic N) is 1. The molecule has 1 aromatic heterocycles. The van der Waals surface area contributed by atoms with Crippen molar-refractivity contribution in [3.8, 4) is 11.3 Å². The Morgan fingerprint density at radius 3 is 2.68 bits per heavy atom. The lowest BCUT2D eigenvalue weighted by molar-refractivity contribution is 0.597. The summed E-state index contributed by atoms with van der Waals surface area (Å²) in [5.74, 6) is 0. The van der Waals surface area contributed by atoms with E-state index in [1.807, 2.05) is 13.0 Å². The quantitative estimate of drug-likeness (QED) is 0.946. The Balaban J connectivity index is 2.76. The molecule has 0 bridgehead atoms. The topological polar surface area (TPSA) is 73.0 Å². The van der Waals surface area contributed by atoms with E-state index in [-0.39, 0.29) is 4.90 Å². The average molecular weight is 297 g/mol. The zero-order chi connectivity index (χ0) is 14.0. The molecule has 19 heavy (non-hydrogen) atoms. The second-order valence-electron chi connectivity index (χ2n) is 4.05. The van der Waals surface area contributed by atoms with Crippen LogP contribution < -0.4 is 5.14 Å². The van der Waals surface area contributed by atoms with Crippen LogP contribution in [0.3, 0.4) is 0 Å². The number of hydrogen-bond donors (Lipinski definition) is 1. The van der Waals surface area contributed by atoms with E-state index >= 15 is 0 Å². The van der Waals surface area contributed by atoms with Gasteiger partial charge in [0.25, 0.3) is 0 Å². The Morgan fingerprint density at radius 1 is 1.32 bits per heavy atom. The highest BCUT2D eigenvalue weighted by Crippen LogP contribution is 2.30. The molecule has 6 heteroatoms. The molecular weight excluding hydrogens is 284 g/mol. The van der Waals surface area contributed by atoms with E-state index in [0.717, 1.165) is 12.0 Å². The van der Waals surface area contributed by atoms with Gasteiger partial charge in [0.2, 0.25) is 10.0 Å². The van der Waals surface area contributed by atoms with Gasteiger partial charge in [-0.2, -0.15) is 0 Å². The Hall–Kier alpha value is -1.43. The van der Waals surface area contributed by atoms with E-state index in [2.05, 4.69) is 4.98 Å². The molecule has 0 unspecified atom stereocenters.